The van der Waals surface area contributed by atoms with Crippen LogP contribution in [0.25, 0.3) is 0 Å². The lowest BCUT2D eigenvalue weighted by Gasteiger charge is -2.05. The average molecular weight is 177 g/mol. The van der Waals surface area contributed by atoms with Crippen molar-refractivity contribution in [1.29, 1.82) is 0 Å². The van der Waals surface area contributed by atoms with Crippen LogP contribution in [0.15, 0.2) is 0 Å². The van der Waals surface area contributed by atoms with Crippen molar-refractivity contribution in [3.8, 4) is 0 Å². The van der Waals surface area contributed by atoms with Gasteiger partial charge in [-0.3, -0.25) is 0 Å². The molecule has 0 bridgehead atoms. The molecule has 0 spiro atoms. The first kappa shape index (κ1) is 6.56. The van der Waals surface area contributed by atoms with Crippen LogP contribution in [0, 0.1) is 12.8 Å². The Labute approximate surface area is 59.0 Å². The van der Waals surface area contributed by atoms with Gasteiger partial charge in [0.05, 0.1) is 4.95 Å². The highest BCUT2D eigenvalue weighted by Gasteiger charge is 2.24. The summed E-state index contributed by atoms with van der Waals surface area (Å²) < 4.78 is 0. The van der Waals surface area contributed by atoms with E-state index in [2.05, 4.69) is 35.1 Å². The van der Waals surface area contributed by atoms with Gasteiger partial charge in [0.15, 0.2) is 0 Å². The Kier molecular flexibility index (Phi) is 1.93. The second-order valence-electron chi connectivity index (χ2n) is 2.45. The van der Waals surface area contributed by atoms with E-state index in [1.54, 1.807) is 0 Å². The maximum Gasteiger partial charge on any atom is 0.0635 e. The van der Waals surface area contributed by atoms with E-state index < -0.39 is 0 Å². The molecule has 1 aliphatic rings. The Morgan fingerprint density at radius 2 is 2.38 bits per heavy atom. The van der Waals surface area contributed by atoms with Gasteiger partial charge in [0.25, 0.3) is 0 Å². The van der Waals surface area contributed by atoms with Gasteiger partial charge in [0.2, 0.25) is 0 Å². The van der Waals surface area contributed by atoms with Gasteiger partial charge in [-0.05, 0) is 19.3 Å². The summed E-state index contributed by atoms with van der Waals surface area (Å²) in [5.41, 5.74) is 0. The van der Waals surface area contributed by atoms with Crippen LogP contribution in [-0.2, 0) is 0 Å². The highest BCUT2D eigenvalue weighted by Crippen LogP contribution is 2.22. The molecule has 0 aromatic carbocycles. The molecule has 3 atom stereocenters. The zero-order valence-electron chi connectivity index (χ0n) is 5.02. The summed E-state index contributed by atoms with van der Waals surface area (Å²) >= 11 is 3.47. The van der Waals surface area contributed by atoms with Gasteiger partial charge >= 0.3 is 0 Å². The molecule has 0 aliphatic carbocycles. The quantitative estimate of drug-likeness (QED) is 0.437. The van der Waals surface area contributed by atoms with E-state index in [-0.39, 0.29) is 0 Å². The Balaban J connectivity index is 2.39. The zero-order valence-corrected chi connectivity index (χ0v) is 6.61. The van der Waals surface area contributed by atoms with Crippen LogP contribution in [0.4, 0.5) is 0 Å². The Morgan fingerprint density at radius 3 is 2.50 bits per heavy atom. The van der Waals surface area contributed by atoms with E-state index >= 15 is 0 Å². The lowest BCUT2D eigenvalue weighted by Crippen LogP contribution is -2.24. The molecule has 8 heavy (non-hydrogen) atoms. The molecule has 1 nitrogen and oxygen atoms in total. The fourth-order valence-corrected chi connectivity index (χ4v) is 1.88. The van der Waals surface area contributed by atoms with Gasteiger partial charge in [0.1, 0.15) is 0 Å². The van der Waals surface area contributed by atoms with Crippen LogP contribution in [0.1, 0.15) is 13.3 Å². The predicted molar refractivity (Wildman–Crippen MR) is 38.8 cm³/mol. The molecule has 0 aromatic rings. The minimum absolute atomic E-state index is 0.444. The van der Waals surface area contributed by atoms with Gasteiger partial charge < -0.3 is 5.32 Å². The SMILES string of the molecule is [CH2]C1NC(Br)CC1C. The molecular formula is C6H11BrN. The van der Waals surface area contributed by atoms with E-state index in [0.29, 0.717) is 11.0 Å². The Morgan fingerprint density at radius 1 is 1.75 bits per heavy atom. The Bertz CT molecular complexity index is 74.6. The van der Waals surface area contributed by atoms with Crippen molar-refractivity contribution >= 4 is 15.9 Å². The molecule has 1 aliphatic heterocycles. The maximum absolute atomic E-state index is 3.93. The molecule has 1 rings (SSSR count). The summed E-state index contributed by atoms with van der Waals surface area (Å²) in [6.07, 6.45) is 1.20. The first-order valence-electron chi connectivity index (χ1n) is 2.93. The average Bonchev–Trinajstić information content (AvgIpc) is 1.85. The van der Waals surface area contributed by atoms with Crippen molar-refractivity contribution in [2.24, 2.45) is 5.92 Å². The van der Waals surface area contributed by atoms with E-state index in [4.69, 9.17) is 0 Å². The molecule has 1 N–H and O–H groups in total. The second-order valence-corrected chi connectivity index (χ2v) is 3.56. The number of alkyl halides is 1. The van der Waals surface area contributed by atoms with Crippen molar-refractivity contribution in [2.45, 2.75) is 24.3 Å². The third-order valence-electron chi connectivity index (χ3n) is 1.66. The topological polar surface area (TPSA) is 12.0 Å². The molecule has 1 saturated heterocycles. The number of hydrogen-bond donors (Lipinski definition) is 1. The van der Waals surface area contributed by atoms with E-state index in [9.17, 15) is 0 Å². The first-order chi connectivity index (χ1) is 3.70. The van der Waals surface area contributed by atoms with Crippen LogP contribution in [0.2, 0.25) is 0 Å². The minimum Gasteiger partial charge on any atom is -0.302 e. The second kappa shape index (κ2) is 2.36. The molecule has 0 saturated carbocycles. The summed E-state index contributed by atoms with van der Waals surface area (Å²) in [4.78, 5) is 0.500. The summed E-state index contributed by atoms with van der Waals surface area (Å²) in [5, 5.41) is 3.27. The van der Waals surface area contributed by atoms with E-state index in [0.717, 1.165) is 5.92 Å². The van der Waals surface area contributed by atoms with Gasteiger partial charge in [-0.2, -0.15) is 0 Å². The third kappa shape index (κ3) is 1.23. The Hall–Kier alpha value is 0.440. The van der Waals surface area contributed by atoms with Crippen molar-refractivity contribution < 1.29 is 0 Å². The molecule has 2 heteroatoms. The fraction of sp³-hybridized carbons (Fsp3) is 0.833. The van der Waals surface area contributed by atoms with Crippen LogP contribution >= 0.6 is 15.9 Å². The standard InChI is InChI=1S/C6H11BrN/c1-4-3-6(7)8-5(4)2/h4-6,8H,2-3H2,1H3. The third-order valence-corrected chi connectivity index (χ3v) is 2.30. The van der Waals surface area contributed by atoms with Gasteiger partial charge in [-0.25, -0.2) is 0 Å². The van der Waals surface area contributed by atoms with Crippen molar-refractivity contribution in [3.05, 3.63) is 6.92 Å². The van der Waals surface area contributed by atoms with Crippen LogP contribution in [0.3, 0.4) is 0 Å². The number of hydrogen-bond acceptors (Lipinski definition) is 1. The minimum atomic E-state index is 0.444. The molecular weight excluding hydrogens is 166 g/mol. The predicted octanol–water partition coefficient (Wildman–Crippen LogP) is 1.54. The van der Waals surface area contributed by atoms with Gasteiger partial charge in [0, 0.05) is 6.04 Å². The number of halogens is 1. The zero-order chi connectivity index (χ0) is 6.15. The van der Waals surface area contributed by atoms with E-state index in [1.807, 2.05) is 0 Å². The number of nitrogens with one attached hydrogen (secondary N) is 1. The van der Waals surface area contributed by atoms with Crippen molar-refractivity contribution in [3.63, 3.8) is 0 Å². The lowest BCUT2D eigenvalue weighted by molar-refractivity contribution is 0.559. The molecule has 1 radical (unpaired) electrons. The van der Waals surface area contributed by atoms with Crippen LogP contribution in [0.5, 0.6) is 0 Å². The van der Waals surface area contributed by atoms with Crippen molar-refractivity contribution in [1.82, 2.24) is 5.32 Å². The largest absolute Gasteiger partial charge is 0.302 e. The smallest absolute Gasteiger partial charge is 0.0635 e. The summed E-state index contributed by atoms with van der Waals surface area (Å²) in [6, 6.07) is 0.444. The van der Waals surface area contributed by atoms with E-state index in [1.165, 1.54) is 6.42 Å². The molecule has 0 aromatic heterocycles. The maximum atomic E-state index is 3.93. The molecule has 47 valence electrons. The summed E-state index contributed by atoms with van der Waals surface area (Å²) in [5.74, 6) is 0.722. The van der Waals surface area contributed by atoms with Crippen LogP contribution in [-0.4, -0.2) is 11.0 Å². The fourth-order valence-electron chi connectivity index (χ4n) is 0.955. The highest BCUT2D eigenvalue weighted by molar-refractivity contribution is 9.09. The van der Waals surface area contributed by atoms with Gasteiger partial charge in [-0.15, -0.1) is 0 Å². The molecule has 3 unspecified atom stereocenters. The molecule has 1 fully saturated rings. The monoisotopic (exact) mass is 176 g/mol. The lowest BCUT2D eigenvalue weighted by atomic mass is 10.1. The highest BCUT2D eigenvalue weighted by atomic mass is 79.9. The summed E-state index contributed by atoms with van der Waals surface area (Å²) in [6.45, 7) is 6.14. The molecule has 0 amide bonds. The van der Waals surface area contributed by atoms with Crippen molar-refractivity contribution in [2.75, 3.05) is 0 Å². The van der Waals surface area contributed by atoms with Crippen LogP contribution < -0.4 is 5.32 Å². The summed E-state index contributed by atoms with van der Waals surface area (Å²) in [7, 11) is 0. The first-order valence-corrected chi connectivity index (χ1v) is 3.85. The van der Waals surface area contributed by atoms with Gasteiger partial charge in [-0.1, -0.05) is 22.9 Å². The number of rotatable bonds is 0. The normalized spacial score (nSPS) is 47.6. The molecule has 1 heterocycles.